The van der Waals surface area contributed by atoms with Crippen LogP contribution in [0.1, 0.15) is 17.2 Å². The summed E-state index contributed by atoms with van der Waals surface area (Å²) in [5.74, 6) is -0.838. The van der Waals surface area contributed by atoms with Crippen molar-refractivity contribution in [2.45, 2.75) is 12.2 Å². The standard InChI is InChI=1S/C17H16ClF3N2O3S/c1-23(27(2,25)26)15(11-6-4-3-5-7-11)16(24)22-14-10-12(17(19,20)21)8-9-13(14)18/h3-10,15H,1-2H3,(H,22,24). The molecule has 2 aromatic rings. The Kier molecular flexibility index (Phi) is 6.18. The Labute approximate surface area is 159 Å². The molecule has 2 aromatic carbocycles. The molecule has 0 saturated carbocycles. The van der Waals surface area contributed by atoms with Crippen LogP contribution in [0.25, 0.3) is 0 Å². The molecule has 1 N–H and O–H groups in total. The van der Waals surface area contributed by atoms with Gasteiger partial charge >= 0.3 is 6.18 Å². The number of anilines is 1. The lowest BCUT2D eigenvalue weighted by molar-refractivity contribution is -0.137. The summed E-state index contributed by atoms with van der Waals surface area (Å²) >= 11 is 5.90. The maximum atomic E-state index is 12.9. The molecule has 27 heavy (non-hydrogen) atoms. The SMILES string of the molecule is CN(C(C(=O)Nc1cc(C(F)(F)F)ccc1Cl)c1ccccc1)S(C)(=O)=O. The van der Waals surface area contributed by atoms with Gasteiger partial charge in [0.15, 0.2) is 0 Å². The summed E-state index contributed by atoms with van der Waals surface area (Å²) in [4.78, 5) is 12.8. The Hall–Kier alpha value is -2.10. The van der Waals surface area contributed by atoms with E-state index in [0.29, 0.717) is 11.6 Å². The van der Waals surface area contributed by atoms with Crippen LogP contribution in [0.5, 0.6) is 0 Å². The number of benzene rings is 2. The van der Waals surface area contributed by atoms with E-state index in [2.05, 4.69) is 5.32 Å². The Morgan fingerprint density at radius 1 is 1.15 bits per heavy atom. The van der Waals surface area contributed by atoms with Gasteiger partial charge in [0.1, 0.15) is 6.04 Å². The molecule has 5 nitrogen and oxygen atoms in total. The molecule has 0 aliphatic carbocycles. The van der Waals surface area contributed by atoms with Gasteiger partial charge in [-0.05, 0) is 23.8 Å². The van der Waals surface area contributed by atoms with Crippen molar-refractivity contribution in [3.05, 3.63) is 64.7 Å². The van der Waals surface area contributed by atoms with Gasteiger partial charge in [-0.15, -0.1) is 0 Å². The van der Waals surface area contributed by atoms with E-state index in [4.69, 9.17) is 11.6 Å². The second kappa shape index (κ2) is 7.87. The second-order valence-corrected chi connectivity index (χ2v) is 8.22. The lowest BCUT2D eigenvalue weighted by atomic mass is 10.1. The molecule has 0 spiro atoms. The summed E-state index contributed by atoms with van der Waals surface area (Å²) in [6.07, 6.45) is -3.69. The zero-order valence-electron chi connectivity index (χ0n) is 14.3. The number of sulfonamides is 1. The predicted octanol–water partition coefficient (Wildman–Crippen LogP) is 3.93. The molecular formula is C17H16ClF3N2O3S. The third kappa shape index (κ3) is 5.21. The van der Waals surface area contributed by atoms with Crippen molar-refractivity contribution in [2.75, 3.05) is 18.6 Å². The summed E-state index contributed by atoms with van der Waals surface area (Å²) in [6.45, 7) is 0. The maximum absolute atomic E-state index is 12.9. The smallest absolute Gasteiger partial charge is 0.323 e. The highest BCUT2D eigenvalue weighted by Crippen LogP contribution is 2.34. The minimum Gasteiger partial charge on any atom is -0.323 e. The molecule has 1 unspecified atom stereocenters. The van der Waals surface area contributed by atoms with Gasteiger partial charge in [-0.2, -0.15) is 17.5 Å². The third-order valence-corrected chi connectivity index (χ3v) is 5.39. The summed E-state index contributed by atoms with van der Waals surface area (Å²) in [5, 5.41) is 2.19. The van der Waals surface area contributed by atoms with E-state index < -0.39 is 33.7 Å². The molecule has 0 radical (unpaired) electrons. The van der Waals surface area contributed by atoms with Crippen LogP contribution in [-0.4, -0.2) is 31.9 Å². The molecule has 0 aliphatic heterocycles. The largest absolute Gasteiger partial charge is 0.416 e. The summed E-state index contributed by atoms with van der Waals surface area (Å²) in [7, 11) is -2.56. The lowest BCUT2D eigenvalue weighted by Crippen LogP contribution is -2.38. The number of carbonyl (C=O) groups is 1. The molecule has 0 aliphatic rings. The Bertz CT molecular complexity index is 934. The van der Waals surface area contributed by atoms with Gasteiger partial charge in [0.2, 0.25) is 15.9 Å². The zero-order valence-corrected chi connectivity index (χ0v) is 15.9. The summed E-state index contributed by atoms with van der Waals surface area (Å²) in [5.41, 5.74) is -0.903. The highest BCUT2D eigenvalue weighted by atomic mass is 35.5. The third-order valence-electron chi connectivity index (χ3n) is 3.80. The van der Waals surface area contributed by atoms with Crippen LogP contribution >= 0.6 is 11.6 Å². The van der Waals surface area contributed by atoms with Gasteiger partial charge in [-0.3, -0.25) is 4.79 Å². The number of hydrogen-bond acceptors (Lipinski definition) is 3. The number of hydrogen-bond donors (Lipinski definition) is 1. The van der Waals surface area contributed by atoms with Crippen LogP contribution in [0.2, 0.25) is 5.02 Å². The van der Waals surface area contributed by atoms with Gasteiger partial charge in [0, 0.05) is 7.05 Å². The monoisotopic (exact) mass is 420 g/mol. The number of nitrogens with one attached hydrogen (secondary N) is 1. The first kappa shape index (κ1) is 21.2. The average molecular weight is 421 g/mol. The summed E-state index contributed by atoms with van der Waals surface area (Å²) in [6, 6.07) is 9.20. The fourth-order valence-corrected chi connectivity index (χ4v) is 3.12. The minimum absolute atomic E-state index is 0.106. The molecule has 0 heterocycles. The molecule has 2 rings (SSSR count). The molecular weight excluding hydrogens is 405 g/mol. The van der Waals surface area contributed by atoms with Crippen LogP contribution < -0.4 is 5.32 Å². The number of nitrogens with zero attached hydrogens (tertiary/aromatic N) is 1. The number of amides is 1. The van der Waals surface area contributed by atoms with Gasteiger partial charge in [0.05, 0.1) is 22.5 Å². The van der Waals surface area contributed by atoms with Crippen molar-refractivity contribution in [2.24, 2.45) is 0 Å². The van der Waals surface area contributed by atoms with Crippen LogP contribution in [0, 0.1) is 0 Å². The van der Waals surface area contributed by atoms with Gasteiger partial charge < -0.3 is 5.32 Å². The number of carbonyl (C=O) groups excluding carboxylic acids is 1. The molecule has 0 bridgehead atoms. The Morgan fingerprint density at radius 2 is 1.74 bits per heavy atom. The number of likely N-dealkylation sites (N-methyl/N-ethyl adjacent to an activating group) is 1. The lowest BCUT2D eigenvalue weighted by Gasteiger charge is -2.26. The van der Waals surface area contributed by atoms with Crippen LogP contribution in [0.3, 0.4) is 0 Å². The quantitative estimate of drug-likeness (QED) is 0.797. The molecule has 0 fully saturated rings. The van der Waals surface area contributed by atoms with Crippen molar-refractivity contribution in [1.82, 2.24) is 4.31 Å². The van der Waals surface area contributed by atoms with Crippen molar-refractivity contribution < 1.29 is 26.4 Å². The van der Waals surface area contributed by atoms with Crippen LogP contribution in [-0.2, 0) is 21.0 Å². The second-order valence-electron chi connectivity index (χ2n) is 5.77. The maximum Gasteiger partial charge on any atom is 0.416 e. The van der Waals surface area contributed by atoms with Crippen LogP contribution in [0.4, 0.5) is 18.9 Å². The Balaban J connectivity index is 2.43. The van der Waals surface area contributed by atoms with E-state index in [0.717, 1.165) is 22.7 Å². The fourth-order valence-electron chi connectivity index (χ4n) is 2.35. The first-order valence-corrected chi connectivity index (χ1v) is 9.79. The van der Waals surface area contributed by atoms with E-state index in [1.807, 2.05) is 0 Å². The van der Waals surface area contributed by atoms with Gasteiger partial charge in [-0.25, -0.2) is 8.42 Å². The van der Waals surface area contributed by atoms with E-state index >= 15 is 0 Å². The highest BCUT2D eigenvalue weighted by molar-refractivity contribution is 7.88. The van der Waals surface area contributed by atoms with Crippen molar-refractivity contribution in [3.8, 4) is 0 Å². The molecule has 0 saturated heterocycles. The molecule has 146 valence electrons. The molecule has 1 amide bonds. The highest BCUT2D eigenvalue weighted by Gasteiger charge is 2.33. The van der Waals surface area contributed by atoms with Gasteiger partial charge in [-0.1, -0.05) is 41.9 Å². The van der Waals surface area contributed by atoms with E-state index in [9.17, 15) is 26.4 Å². The average Bonchev–Trinajstić information content (AvgIpc) is 2.56. The summed E-state index contributed by atoms with van der Waals surface area (Å²) < 4.78 is 63.4. The Morgan fingerprint density at radius 3 is 2.26 bits per heavy atom. The predicted molar refractivity (Wildman–Crippen MR) is 96.9 cm³/mol. The van der Waals surface area contributed by atoms with Crippen molar-refractivity contribution in [1.29, 1.82) is 0 Å². The fraction of sp³-hybridized carbons (Fsp3) is 0.235. The van der Waals surface area contributed by atoms with Crippen molar-refractivity contribution in [3.63, 3.8) is 0 Å². The topological polar surface area (TPSA) is 66.5 Å². The number of rotatable bonds is 5. The number of alkyl halides is 3. The van der Waals surface area contributed by atoms with Gasteiger partial charge in [0.25, 0.3) is 0 Å². The molecule has 0 aromatic heterocycles. The first-order valence-electron chi connectivity index (χ1n) is 7.57. The molecule has 10 heteroatoms. The van der Waals surface area contributed by atoms with Crippen LogP contribution in [0.15, 0.2) is 48.5 Å². The molecule has 1 atom stereocenters. The zero-order chi connectivity index (χ0) is 20.4. The minimum atomic E-state index is -4.62. The first-order chi connectivity index (χ1) is 12.4. The van der Waals surface area contributed by atoms with Crippen molar-refractivity contribution >= 4 is 33.2 Å². The van der Waals surface area contributed by atoms with E-state index in [-0.39, 0.29) is 10.7 Å². The normalized spacial score (nSPS) is 13.4. The number of halogens is 4. The van der Waals surface area contributed by atoms with E-state index in [1.54, 1.807) is 30.3 Å². The van der Waals surface area contributed by atoms with E-state index in [1.165, 1.54) is 7.05 Å².